The average Bonchev–Trinajstić information content (AvgIpc) is 3.03. The maximum atomic E-state index is 11.2. The minimum atomic E-state index is -0.460. The van der Waals surface area contributed by atoms with Gasteiger partial charge >= 0.3 is 5.97 Å². The fourth-order valence-electron chi connectivity index (χ4n) is 1.68. The smallest absolute Gasteiger partial charge is 0.373 e. The van der Waals surface area contributed by atoms with Gasteiger partial charge in [0.25, 0.3) is 0 Å². The molecule has 102 valence electrons. The molecule has 2 heterocycles. The van der Waals surface area contributed by atoms with Gasteiger partial charge in [0, 0.05) is 12.7 Å². The number of nitrogens with one attached hydrogen (secondary N) is 1. The van der Waals surface area contributed by atoms with E-state index in [4.69, 9.17) is 4.42 Å². The molecule has 0 aliphatic heterocycles. The first-order valence-electron chi connectivity index (χ1n) is 6.06. The molecule has 2 aromatic rings. The van der Waals surface area contributed by atoms with Crippen molar-refractivity contribution in [2.45, 2.75) is 20.0 Å². The Morgan fingerprint density at radius 2 is 2.37 bits per heavy atom. The van der Waals surface area contributed by atoms with E-state index in [1.54, 1.807) is 12.1 Å². The van der Waals surface area contributed by atoms with E-state index in [1.807, 2.05) is 24.0 Å². The Bertz CT molecular complexity index is 545. The molecule has 0 saturated carbocycles. The number of aryl methyl sites for hydroxylation is 1. The number of methoxy groups -OCH3 is 1. The first-order valence-corrected chi connectivity index (χ1v) is 6.06. The standard InChI is InChI=1S/C13H17N3O3/c1-10-7-15-16(9-10)6-5-14-8-11-3-4-12(19-11)13(17)18-2/h3-4,7,9,14H,5-6,8H2,1-2H3. The second kappa shape index (κ2) is 6.19. The van der Waals surface area contributed by atoms with E-state index < -0.39 is 5.97 Å². The Morgan fingerprint density at radius 1 is 1.53 bits per heavy atom. The van der Waals surface area contributed by atoms with Crippen LogP contribution in [0.15, 0.2) is 28.9 Å². The molecule has 0 bridgehead atoms. The van der Waals surface area contributed by atoms with Gasteiger partial charge in [0.2, 0.25) is 5.76 Å². The summed E-state index contributed by atoms with van der Waals surface area (Å²) < 4.78 is 11.8. The SMILES string of the molecule is COC(=O)c1ccc(CNCCn2cc(C)cn2)o1. The summed E-state index contributed by atoms with van der Waals surface area (Å²) >= 11 is 0. The first-order chi connectivity index (χ1) is 9.19. The van der Waals surface area contributed by atoms with Crippen molar-refractivity contribution in [2.24, 2.45) is 0 Å². The quantitative estimate of drug-likeness (QED) is 0.629. The lowest BCUT2D eigenvalue weighted by Crippen LogP contribution is -2.19. The summed E-state index contributed by atoms with van der Waals surface area (Å²) in [5.74, 6) is 0.470. The van der Waals surface area contributed by atoms with Crippen LogP contribution in [0.4, 0.5) is 0 Å². The number of aromatic nitrogens is 2. The zero-order chi connectivity index (χ0) is 13.7. The Kier molecular flexibility index (Phi) is 4.35. The predicted octanol–water partition coefficient (Wildman–Crippen LogP) is 1.36. The predicted molar refractivity (Wildman–Crippen MR) is 68.7 cm³/mol. The van der Waals surface area contributed by atoms with Gasteiger partial charge in [-0.05, 0) is 24.6 Å². The van der Waals surface area contributed by atoms with Crippen LogP contribution in [0.25, 0.3) is 0 Å². The molecule has 0 fully saturated rings. The second-order valence-corrected chi connectivity index (χ2v) is 4.22. The molecule has 0 aliphatic rings. The van der Waals surface area contributed by atoms with Crippen molar-refractivity contribution in [2.75, 3.05) is 13.7 Å². The molecule has 0 aromatic carbocycles. The number of carbonyl (C=O) groups excluding carboxylic acids is 1. The zero-order valence-electron chi connectivity index (χ0n) is 11.0. The minimum absolute atomic E-state index is 0.224. The molecule has 1 N–H and O–H groups in total. The highest BCUT2D eigenvalue weighted by Crippen LogP contribution is 2.08. The van der Waals surface area contributed by atoms with E-state index in [-0.39, 0.29) is 5.76 Å². The zero-order valence-corrected chi connectivity index (χ0v) is 11.0. The molecule has 6 nitrogen and oxygen atoms in total. The van der Waals surface area contributed by atoms with Crippen molar-refractivity contribution in [1.82, 2.24) is 15.1 Å². The topological polar surface area (TPSA) is 69.3 Å². The average molecular weight is 263 g/mol. The second-order valence-electron chi connectivity index (χ2n) is 4.22. The molecule has 0 saturated heterocycles. The van der Waals surface area contributed by atoms with E-state index in [2.05, 4.69) is 15.2 Å². The summed E-state index contributed by atoms with van der Waals surface area (Å²) in [7, 11) is 1.33. The van der Waals surface area contributed by atoms with E-state index in [0.717, 1.165) is 18.7 Å². The van der Waals surface area contributed by atoms with Crippen LogP contribution >= 0.6 is 0 Å². The van der Waals surface area contributed by atoms with Crippen LogP contribution in [0.2, 0.25) is 0 Å². The maximum absolute atomic E-state index is 11.2. The van der Waals surface area contributed by atoms with Gasteiger partial charge in [-0.25, -0.2) is 4.79 Å². The molecule has 19 heavy (non-hydrogen) atoms. The van der Waals surface area contributed by atoms with Gasteiger partial charge in [-0.3, -0.25) is 4.68 Å². The van der Waals surface area contributed by atoms with Crippen molar-refractivity contribution in [3.05, 3.63) is 41.6 Å². The first kappa shape index (κ1) is 13.4. The van der Waals surface area contributed by atoms with Gasteiger partial charge in [0.1, 0.15) is 5.76 Å². The van der Waals surface area contributed by atoms with Gasteiger partial charge in [0.15, 0.2) is 0 Å². The van der Waals surface area contributed by atoms with Crippen LogP contribution in [0.1, 0.15) is 21.9 Å². The normalized spacial score (nSPS) is 10.6. The lowest BCUT2D eigenvalue weighted by atomic mass is 10.4. The van der Waals surface area contributed by atoms with Crippen LogP contribution in [-0.4, -0.2) is 29.4 Å². The molecule has 2 rings (SSSR count). The fourth-order valence-corrected chi connectivity index (χ4v) is 1.68. The van der Waals surface area contributed by atoms with E-state index in [9.17, 15) is 4.79 Å². The third-order valence-electron chi connectivity index (χ3n) is 2.63. The Hall–Kier alpha value is -2.08. The van der Waals surface area contributed by atoms with Crippen LogP contribution in [-0.2, 0) is 17.8 Å². The number of furan rings is 1. The molecule has 2 aromatic heterocycles. The summed E-state index contributed by atoms with van der Waals surface area (Å²) in [6, 6.07) is 3.37. The largest absolute Gasteiger partial charge is 0.463 e. The van der Waals surface area contributed by atoms with Crippen molar-refractivity contribution < 1.29 is 13.9 Å². The fraction of sp³-hybridized carbons (Fsp3) is 0.385. The van der Waals surface area contributed by atoms with Gasteiger partial charge in [-0.15, -0.1) is 0 Å². The number of esters is 1. The highest BCUT2D eigenvalue weighted by atomic mass is 16.5. The van der Waals surface area contributed by atoms with E-state index >= 15 is 0 Å². The third-order valence-corrected chi connectivity index (χ3v) is 2.63. The van der Waals surface area contributed by atoms with E-state index in [0.29, 0.717) is 12.3 Å². The maximum Gasteiger partial charge on any atom is 0.373 e. The summed E-state index contributed by atoms with van der Waals surface area (Å²) in [5, 5.41) is 7.41. The molecule has 0 aliphatic carbocycles. The summed E-state index contributed by atoms with van der Waals surface area (Å²) in [6.07, 6.45) is 3.82. The van der Waals surface area contributed by atoms with E-state index in [1.165, 1.54) is 7.11 Å². The molecule has 0 amide bonds. The van der Waals surface area contributed by atoms with Crippen LogP contribution in [0.3, 0.4) is 0 Å². The number of hydrogen-bond donors (Lipinski definition) is 1. The van der Waals surface area contributed by atoms with Crippen molar-refractivity contribution in [1.29, 1.82) is 0 Å². The Balaban J connectivity index is 1.73. The van der Waals surface area contributed by atoms with Gasteiger partial charge < -0.3 is 14.5 Å². The van der Waals surface area contributed by atoms with Crippen LogP contribution in [0, 0.1) is 6.92 Å². The number of nitrogens with zero attached hydrogens (tertiary/aromatic N) is 2. The monoisotopic (exact) mass is 263 g/mol. The van der Waals surface area contributed by atoms with Gasteiger partial charge in [0.05, 0.1) is 26.4 Å². The molecule has 0 atom stereocenters. The minimum Gasteiger partial charge on any atom is -0.463 e. The number of carbonyl (C=O) groups is 1. The van der Waals surface area contributed by atoms with Crippen molar-refractivity contribution in [3.63, 3.8) is 0 Å². The summed E-state index contributed by atoms with van der Waals surface area (Å²) in [4.78, 5) is 11.2. The highest BCUT2D eigenvalue weighted by molar-refractivity contribution is 5.86. The van der Waals surface area contributed by atoms with Crippen LogP contribution < -0.4 is 5.32 Å². The molecule has 0 unspecified atom stereocenters. The third kappa shape index (κ3) is 3.69. The number of ether oxygens (including phenoxy) is 1. The summed E-state index contributed by atoms with van der Waals surface area (Å²) in [5.41, 5.74) is 1.15. The highest BCUT2D eigenvalue weighted by Gasteiger charge is 2.10. The Morgan fingerprint density at radius 3 is 3.05 bits per heavy atom. The van der Waals surface area contributed by atoms with Gasteiger partial charge in [-0.1, -0.05) is 0 Å². The Labute approximate surface area is 111 Å². The molecular weight excluding hydrogens is 246 g/mol. The number of rotatable bonds is 6. The summed E-state index contributed by atoms with van der Waals surface area (Å²) in [6.45, 7) is 4.14. The van der Waals surface area contributed by atoms with Crippen LogP contribution in [0.5, 0.6) is 0 Å². The molecule has 6 heteroatoms. The lowest BCUT2D eigenvalue weighted by Gasteiger charge is -2.03. The van der Waals surface area contributed by atoms with Gasteiger partial charge in [-0.2, -0.15) is 5.10 Å². The molecule has 0 spiro atoms. The lowest BCUT2D eigenvalue weighted by molar-refractivity contribution is 0.0563. The molecule has 0 radical (unpaired) electrons. The van der Waals surface area contributed by atoms with Crippen molar-refractivity contribution in [3.8, 4) is 0 Å². The van der Waals surface area contributed by atoms with Crippen molar-refractivity contribution >= 4 is 5.97 Å². The molecular formula is C13H17N3O3. The number of hydrogen-bond acceptors (Lipinski definition) is 5.